The van der Waals surface area contributed by atoms with Crippen LogP contribution in [0.25, 0.3) is 0 Å². The smallest absolute Gasteiger partial charge is 0.312 e. The fraction of sp³-hybridized carbons (Fsp3) is 0.176. The van der Waals surface area contributed by atoms with E-state index in [1.54, 1.807) is 0 Å². The summed E-state index contributed by atoms with van der Waals surface area (Å²) in [6.07, 6.45) is 0.139. The van der Waals surface area contributed by atoms with Gasteiger partial charge in [-0.1, -0.05) is 60.7 Å². The molecule has 22 heavy (non-hydrogen) atoms. The Morgan fingerprint density at radius 3 is 2.14 bits per heavy atom. The Hall–Kier alpha value is -2.82. The molecule has 0 radical (unpaired) electrons. The van der Waals surface area contributed by atoms with Gasteiger partial charge in [0.1, 0.15) is 0 Å². The Morgan fingerprint density at radius 1 is 0.955 bits per heavy atom. The first-order chi connectivity index (χ1) is 10.6. The molecule has 0 aliphatic rings. The normalized spacial score (nSPS) is 11.5. The van der Waals surface area contributed by atoms with E-state index in [0.29, 0.717) is 6.54 Å². The molecule has 5 heteroatoms. The Kier molecular flexibility index (Phi) is 5.54. The number of benzene rings is 2. The first kappa shape index (κ1) is 15.6. The fourth-order valence-corrected chi connectivity index (χ4v) is 2.16. The molecule has 1 unspecified atom stereocenters. The summed E-state index contributed by atoms with van der Waals surface area (Å²) in [4.78, 5) is 23.2. The van der Waals surface area contributed by atoms with Crippen LogP contribution in [0.15, 0.2) is 60.7 Å². The summed E-state index contributed by atoms with van der Waals surface area (Å²) in [6.45, 7) is 0.456. The zero-order chi connectivity index (χ0) is 15.8. The fourth-order valence-electron chi connectivity index (χ4n) is 2.16. The van der Waals surface area contributed by atoms with Crippen LogP contribution in [0.2, 0.25) is 0 Å². The van der Waals surface area contributed by atoms with Crippen LogP contribution >= 0.6 is 0 Å². The van der Waals surface area contributed by atoms with E-state index in [4.69, 9.17) is 5.73 Å². The molecular weight excluding hydrogens is 278 g/mol. The molecule has 0 aliphatic carbocycles. The molecule has 0 fully saturated rings. The lowest BCUT2D eigenvalue weighted by Gasteiger charge is -2.17. The number of nitrogens with one attached hydrogen (secondary N) is 2. The van der Waals surface area contributed by atoms with Crippen LogP contribution in [0.1, 0.15) is 23.6 Å². The van der Waals surface area contributed by atoms with Crippen molar-refractivity contribution in [3.8, 4) is 0 Å². The second-order valence-electron chi connectivity index (χ2n) is 4.94. The zero-order valence-electron chi connectivity index (χ0n) is 12.2. The molecule has 0 aromatic heterocycles. The van der Waals surface area contributed by atoms with Gasteiger partial charge in [0.25, 0.3) is 0 Å². The average molecular weight is 297 g/mol. The molecule has 0 aliphatic heterocycles. The number of nitrogens with two attached hydrogens (primary N) is 1. The lowest BCUT2D eigenvalue weighted by molar-refractivity contribution is -0.121. The average Bonchev–Trinajstić information content (AvgIpc) is 2.54. The van der Waals surface area contributed by atoms with Crippen molar-refractivity contribution in [2.45, 2.75) is 19.0 Å². The summed E-state index contributed by atoms with van der Waals surface area (Å²) in [5, 5.41) is 5.44. The van der Waals surface area contributed by atoms with Gasteiger partial charge in [-0.15, -0.1) is 0 Å². The van der Waals surface area contributed by atoms with Gasteiger partial charge >= 0.3 is 6.03 Å². The van der Waals surface area contributed by atoms with Crippen molar-refractivity contribution in [3.05, 3.63) is 71.8 Å². The van der Waals surface area contributed by atoms with Gasteiger partial charge in [-0.2, -0.15) is 0 Å². The quantitative estimate of drug-likeness (QED) is 0.763. The Morgan fingerprint density at radius 2 is 1.55 bits per heavy atom. The van der Waals surface area contributed by atoms with E-state index in [1.165, 1.54) is 0 Å². The summed E-state index contributed by atoms with van der Waals surface area (Å²) >= 11 is 0. The van der Waals surface area contributed by atoms with Gasteiger partial charge in [0, 0.05) is 6.54 Å². The summed E-state index contributed by atoms with van der Waals surface area (Å²) in [7, 11) is 0. The second-order valence-corrected chi connectivity index (χ2v) is 4.94. The van der Waals surface area contributed by atoms with Crippen molar-refractivity contribution in [1.82, 2.24) is 10.6 Å². The third-order valence-electron chi connectivity index (χ3n) is 3.24. The first-order valence-corrected chi connectivity index (χ1v) is 7.06. The number of carbonyl (C=O) groups is 2. The van der Waals surface area contributed by atoms with Gasteiger partial charge < -0.3 is 16.4 Å². The third-order valence-corrected chi connectivity index (χ3v) is 3.24. The van der Waals surface area contributed by atoms with Crippen LogP contribution in [0.5, 0.6) is 0 Å². The van der Waals surface area contributed by atoms with E-state index >= 15 is 0 Å². The lowest BCUT2D eigenvalue weighted by atomic mass is 10.0. The van der Waals surface area contributed by atoms with Gasteiger partial charge in [0.05, 0.1) is 12.5 Å². The van der Waals surface area contributed by atoms with Crippen LogP contribution in [-0.4, -0.2) is 11.9 Å². The molecule has 0 heterocycles. The van der Waals surface area contributed by atoms with Gasteiger partial charge in [-0.05, 0) is 11.1 Å². The highest BCUT2D eigenvalue weighted by atomic mass is 16.2. The van der Waals surface area contributed by atoms with Crippen molar-refractivity contribution in [2.24, 2.45) is 5.73 Å². The highest BCUT2D eigenvalue weighted by Crippen LogP contribution is 2.16. The molecule has 0 bridgehead atoms. The molecule has 4 N–H and O–H groups in total. The predicted molar refractivity (Wildman–Crippen MR) is 84.8 cm³/mol. The van der Waals surface area contributed by atoms with E-state index in [1.807, 2.05) is 60.7 Å². The van der Waals surface area contributed by atoms with Crippen LogP contribution in [0.3, 0.4) is 0 Å². The van der Waals surface area contributed by atoms with Gasteiger partial charge in [-0.3, -0.25) is 4.79 Å². The second kappa shape index (κ2) is 7.83. The standard InChI is InChI=1S/C17H19N3O2/c18-17(22)20-15(14-9-5-2-6-10-14)11-16(21)19-12-13-7-3-1-4-8-13/h1-10,15H,11-12H2,(H,19,21)(H3,18,20,22). The summed E-state index contributed by atoms with van der Waals surface area (Å²) in [5.74, 6) is -0.147. The van der Waals surface area contributed by atoms with Gasteiger partial charge in [0.2, 0.25) is 5.91 Å². The number of hydrogen-bond acceptors (Lipinski definition) is 2. The molecule has 0 saturated carbocycles. The van der Waals surface area contributed by atoms with E-state index in [2.05, 4.69) is 10.6 Å². The van der Waals surface area contributed by atoms with E-state index in [0.717, 1.165) is 11.1 Å². The molecule has 1 atom stereocenters. The van der Waals surface area contributed by atoms with Gasteiger partial charge in [-0.25, -0.2) is 4.79 Å². The molecule has 0 spiro atoms. The van der Waals surface area contributed by atoms with Crippen molar-refractivity contribution < 1.29 is 9.59 Å². The predicted octanol–water partition coefficient (Wildman–Crippen LogP) is 2.10. The Balaban J connectivity index is 1.95. The van der Waals surface area contributed by atoms with Crippen molar-refractivity contribution in [2.75, 3.05) is 0 Å². The third kappa shape index (κ3) is 4.94. The minimum absolute atomic E-state index is 0.139. The summed E-state index contributed by atoms with van der Waals surface area (Å²) in [6, 6.07) is 17.8. The van der Waals surface area contributed by atoms with Crippen LogP contribution in [0, 0.1) is 0 Å². The minimum atomic E-state index is -0.648. The maximum absolute atomic E-state index is 12.1. The summed E-state index contributed by atoms with van der Waals surface area (Å²) < 4.78 is 0. The maximum atomic E-state index is 12.1. The molecule has 114 valence electrons. The highest BCUT2D eigenvalue weighted by Gasteiger charge is 2.16. The molecule has 5 nitrogen and oxygen atoms in total. The van der Waals surface area contributed by atoms with E-state index < -0.39 is 12.1 Å². The topological polar surface area (TPSA) is 84.2 Å². The number of urea groups is 1. The number of rotatable bonds is 6. The molecule has 2 aromatic rings. The highest BCUT2D eigenvalue weighted by molar-refractivity contribution is 5.78. The van der Waals surface area contributed by atoms with Crippen LogP contribution < -0.4 is 16.4 Å². The Labute approximate surface area is 129 Å². The molecule has 3 amide bonds. The molecule has 0 saturated heterocycles. The molecule has 2 rings (SSSR count). The minimum Gasteiger partial charge on any atom is -0.352 e. The van der Waals surface area contributed by atoms with E-state index in [9.17, 15) is 9.59 Å². The monoisotopic (exact) mass is 297 g/mol. The van der Waals surface area contributed by atoms with E-state index in [-0.39, 0.29) is 12.3 Å². The van der Waals surface area contributed by atoms with Crippen LogP contribution in [-0.2, 0) is 11.3 Å². The van der Waals surface area contributed by atoms with Crippen molar-refractivity contribution in [3.63, 3.8) is 0 Å². The van der Waals surface area contributed by atoms with Gasteiger partial charge in [0.15, 0.2) is 0 Å². The molecular formula is C17H19N3O2. The van der Waals surface area contributed by atoms with Crippen molar-refractivity contribution in [1.29, 1.82) is 0 Å². The summed E-state index contributed by atoms with van der Waals surface area (Å²) in [5.41, 5.74) is 7.06. The number of hydrogen-bond donors (Lipinski definition) is 3. The number of primary amides is 1. The molecule has 2 aromatic carbocycles. The zero-order valence-corrected chi connectivity index (χ0v) is 12.2. The van der Waals surface area contributed by atoms with Crippen LogP contribution in [0.4, 0.5) is 4.79 Å². The first-order valence-electron chi connectivity index (χ1n) is 7.06. The SMILES string of the molecule is NC(=O)NC(CC(=O)NCc1ccccc1)c1ccccc1. The Bertz CT molecular complexity index is 614. The lowest BCUT2D eigenvalue weighted by Crippen LogP contribution is -2.36. The number of carbonyl (C=O) groups excluding carboxylic acids is 2. The largest absolute Gasteiger partial charge is 0.352 e. The maximum Gasteiger partial charge on any atom is 0.312 e. The van der Waals surface area contributed by atoms with Crippen molar-refractivity contribution >= 4 is 11.9 Å². The number of amides is 3.